The Morgan fingerprint density at radius 1 is 0.905 bits per heavy atom. The fraction of sp³-hybridized carbons (Fsp3) is 0. The minimum Gasteiger partial charge on any atom is -0.321 e. The van der Waals surface area contributed by atoms with Crippen LogP contribution < -0.4 is 5.32 Å². The van der Waals surface area contributed by atoms with Gasteiger partial charge < -0.3 is 5.32 Å². The highest BCUT2D eigenvalue weighted by Gasteiger charge is 2.10. The summed E-state index contributed by atoms with van der Waals surface area (Å²) < 4.78 is 0.989. The van der Waals surface area contributed by atoms with Crippen LogP contribution in [0.5, 0.6) is 0 Å². The number of halogens is 1. The number of anilines is 1. The Morgan fingerprint density at radius 3 is 2.33 bits per heavy atom. The van der Waals surface area contributed by atoms with Crippen molar-refractivity contribution in [2.45, 2.75) is 0 Å². The fourth-order valence-corrected chi connectivity index (χ4v) is 3.11. The standard InChI is InChI=1S/C17H12BrNOS/c18-13-6-8-14(9-7-13)19-17(20)16-11-10-15(21-16)12-4-2-1-3-5-12/h1-11H,(H,19,20). The first-order chi connectivity index (χ1) is 10.2. The molecule has 2 nitrogen and oxygen atoms in total. The maximum Gasteiger partial charge on any atom is 0.265 e. The zero-order valence-corrected chi connectivity index (χ0v) is 13.4. The molecular formula is C17H12BrNOS. The summed E-state index contributed by atoms with van der Waals surface area (Å²) in [6.07, 6.45) is 0. The molecule has 2 aromatic carbocycles. The Kier molecular flexibility index (Phi) is 4.18. The lowest BCUT2D eigenvalue weighted by Crippen LogP contribution is -2.09. The van der Waals surface area contributed by atoms with E-state index in [1.54, 1.807) is 0 Å². The molecule has 0 aliphatic rings. The molecule has 3 aromatic rings. The van der Waals surface area contributed by atoms with Gasteiger partial charge in [-0.3, -0.25) is 4.79 Å². The molecule has 0 saturated carbocycles. The Bertz CT molecular complexity index is 750. The summed E-state index contributed by atoms with van der Waals surface area (Å²) in [4.78, 5) is 14.0. The van der Waals surface area contributed by atoms with Crippen molar-refractivity contribution in [2.75, 3.05) is 5.32 Å². The van der Waals surface area contributed by atoms with Crippen LogP contribution in [0.4, 0.5) is 5.69 Å². The Balaban J connectivity index is 1.77. The molecule has 0 aliphatic heterocycles. The summed E-state index contributed by atoms with van der Waals surface area (Å²) in [6.45, 7) is 0. The van der Waals surface area contributed by atoms with Crippen LogP contribution in [0.3, 0.4) is 0 Å². The molecule has 0 spiro atoms. The summed E-state index contributed by atoms with van der Waals surface area (Å²) in [5.41, 5.74) is 1.92. The quantitative estimate of drug-likeness (QED) is 0.665. The minimum atomic E-state index is -0.0792. The molecule has 3 rings (SSSR count). The molecule has 4 heteroatoms. The average molecular weight is 358 g/mol. The van der Waals surface area contributed by atoms with Crippen molar-refractivity contribution in [3.8, 4) is 10.4 Å². The van der Waals surface area contributed by atoms with Crippen LogP contribution in [0.2, 0.25) is 0 Å². The third kappa shape index (κ3) is 3.40. The van der Waals surface area contributed by atoms with Gasteiger partial charge in [0.25, 0.3) is 5.91 Å². The highest BCUT2D eigenvalue weighted by atomic mass is 79.9. The van der Waals surface area contributed by atoms with Crippen LogP contribution in [0.15, 0.2) is 71.2 Å². The number of carbonyl (C=O) groups excluding carboxylic acids is 1. The molecule has 104 valence electrons. The van der Waals surface area contributed by atoms with Gasteiger partial charge >= 0.3 is 0 Å². The first kappa shape index (κ1) is 14.0. The van der Waals surface area contributed by atoms with Crippen LogP contribution in [-0.4, -0.2) is 5.91 Å². The second-order valence-electron chi connectivity index (χ2n) is 4.49. The second kappa shape index (κ2) is 6.24. The van der Waals surface area contributed by atoms with E-state index in [9.17, 15) is 4.79 Å². The Hall–Kier alpha value is -1.91. The van der Waals surface area contributed by atoms with Gasteiger partial charge in [-0.2, -0.15) is 0 Å². The van der Waals surface area contributed by atoms with Crippen molar-refractivity contribution in [1.82, 2.24) is 0 Å². The van der Waals surface area contributed by atoms with E-state index in [-0.39, 0.29) is 5.91 Å². The number of hydrogen-bond acceptors (Lipinski definition) is 2. The van der Waals surface area contributed by atoms with E-state index in [2.05, 4.69) is 21.2 Å². The van der Waals surface area contributed by atoms with Gasteiger partial charge in [0.2, 0.25) is 0 Å². The Morgan fingerprint density at radius 2 is 1.62 bits per heavy atom. The summed E-state index contributed by atoms with van der Waals surface area (Å²) in [5.74, 6) is -0.0792. The second-order valence-corrected chi connectivity index (χ2v) is 6.49. The molecular weight excluding hydrogens is 346 g/mol. The summed E-state index contributed by atoms with van der Waals surface area (Å²) in [7, 11) is 0. The lowest BCUT2D eigenvalue weighted by Gasteiger charge is -2.03. The smallest absolute Gasteiger partial charge is 0.265 e. The maximum absolute atomic E-state index is 12.2. The van der Waals surface area contributed by atoms with Crippen molar-refractivity contribution < 1.29 is 4.79 Å². The third-order valence-corrected chi connectivity index (χ3v) is 4.65. The lowest BCUT2D eigenvalue weighted by atomic mass is 10.2. The molecule has 1 N–H and O–H groups in total. The van der Waals surface area contributed by atoms with Crippen LogP contribution in [-0.2, 0) is 0 Å². The van der Waals surface area contributed by atoms with Gasteiger partial charge in [-0.25, -0.2) is 0 Å². The minimum absolute atomic E-state index is 0.0792. The number of thiophene rings is 1. The van der Waals surface area contributed by atoms with E-state index in [1.807, 2.05) is 66.7 Å². The molecule has 0 atom stereocenters. The number of rotatable bonds is 3. The molecule has 1 amide bonds. The van der Waals surface area contributed by atoms with Gasteiger partial charge in [-0.05, 0) is 42.0 Å². The van der Waals surface area contributed by atoms with E-state index in [0.717, 1.165) is 20.6 Å². The topological polar surface area (TPSA) is 29.1 Å². The first-order valence-corrected chi connectivity index (χ1v) is 8.05. The number of nitrogens with one attached hydrogen (secondary N) is 1. The van der Waals surface area contributed by atoms with Crippen LogP contribution in [0.25, 0.3) is 10.4 Å². The van der Waals surface area contributed by atoms with E-state index in [0.29, 0.717) is 4.88 Å². The highest BCUT2D eigenvalue weighted by Crippen LogP contribution is 2.28. The number of hydrogen-bond donors (Lipinski definition) is 1. The van der Waals surface area contributed by atoms with Crippen molar-refractivity contribution in [1.29, 1.82) is 0 Å². The molecule has 1 heterocycles. The van der Waals surface area contributed by atoms with Crippen molar-refractivity contribution in [3.05, 3.63) is 76.1 Å². The third-order valence-electron chi connectivity index (χ3n) is 2.99. The molecule has 1 aromatic heterocycles. The van der Waals surface area contributed by atoms with Gasteiger partial charge in [0, 0.05) is 15.0 Å². The summed E-state index contributed by atoms with van der Waals surface area (Å²) >= 11 is 4.87. The van der Waals surface area contributed by atoms with E-state index in [1.165, 1.54) is 11.3 Å². The van der Waals surface area contributed by atoms with Crippen molar-refractivity contribution >= 4 is 38.9 Å². The number of carbonyl (C=O) groups is 1. The maximum atomic E-state index is 12.2. The normalized spacial score (nSPS) is 10.3. The molecule has 0 radical (unpaired) electrons. The summed E-state index contributed by atoms with van der Waals surface area (Å²) in [5, 5.41) is 2.90. The lowest BCUT2D eigenvalue weighted by molar-refractivity contribution is 0.103. The molecule has 0 saturated heterocycles. The average Bonchev–Trinajstić information content (AvgIpc) is 3.00. The predicted octanol–water partition coefficient (Wildman–Crippen LogP) is 5.43. The van der Waals surface area contributed by atoms with Crippen molar-refractivity contribution in [3.63, 3.8) is 0 Å². The fourth-order valence-electron chi connectivity index (χ4n) is 1.94. The van der Waals surface area contributed by atoms with Gasteiger partial charge in [-0.15, -0.1) is 11.3 Å². The van der Waals surface area contributed by atoms with Crippen molar-refractivity contribution in [2.24, 2.45) is 0 Å². The van der Waals surface area contributed by atoms with E-state index >= 15 is 0 Å². The zero-order chi connectivity index (χ0) is 14.7. The predicted molar refractivity (Wildman–Crippen MR) is 91.9 cm³/mol. The van der Waals surface area contributed by atoms with Gasteiger partial charge in [0.15, 0.2) is 0 Å². The van der Waals surface area contributed by atoms with Crippen LogP contribution >= 0.6 is 27.3 Å². The molecule has 0 fully saturated rings. The largest absolute Gasteiger partial charge is 0.321 e. The van der Waals surface area contributed by atoms with E-state index in [4.69, 9.17) is 0 Å². The van der Waals surface area contributed by atoms with Gasteiger partial charge in [0.1, 0.15) is 0 Å². The summed E-state index contributed by atoms with van der Waals surface area (Å²) in [6, 6.07) is 21.5. The number of amides is 1. The zero-order valence-electron chi connectivity index (χ0n) is 11.0. The number of benzene rings is 2. The van der Waals surface area contributed by atoms with E-state index < -0.39 is 0 Å². The molecule has 0 aliphatic carbocycles. The molecule has 0 bridgehead atoms. The Labute approximate surface area is 135 Å². The SMILES string of the molecule is O=C(Nc1ccc(Br)cc1)c1ccc(-c2ccccc2)s1. The molecule has 21 heavy (non-hydrogen) atoms. The monoisotopic (exact) mass is 357 g/mol. The highest BCUT2D eigenvalue weighted by molar-refractivity contribution is 9.10. The van der Waals surface area contributed by atoms with Gasteiger partial charge in [0.05, 0.1) is 4.88 Å². The molecule has 0 unspecified atom stereocenters. The first-order valence-electron chi connectivity index (χ1n) is 6.44. The van der Waals surface area contributed by atoms with Crippen LogP contribution in [0, 0.1) is 0 Å². The van der Waals surface area contributed by atoms with Gasteiger partial charge in [-0.1, -0.05) is 46.3 Å². The van der Waals surface area contributed by atoms with Crippen LogP contribution in [0.1, 0.15) is 9.67 Å².